The van der Waals surface area contributed by atoms with Gasteiger partial charge in [-0.3, -0.25) is 0 Å². The largest absolute Gasteiger partial charge is 0.391 e. The fraction of sp³-hybridized carbons (Fsp3) is 1.00. The zero-order valence-electron chi connectivity index (χ0n) is 6.55. The van der Waals surface area contributed by atoms with Crippen LogP contribution in [0.3, 0.4) is 0 Å². The lowest BCUT2D eigenvalue weighted by molar-refractivity contribution is 0.0251. The van der Waals surface area contributed by atoms with Crippen LogP contribution in [0.1, 0.15) is 20.3 Å². The van der Waals surface area contributed by atoms with Gasteiger partial charge in [0.05, 0.1) is 6.10 Å². The van der Waals surface area contributed by atoms with Crippen molar-refractivity contribution in [2.75, 3.05) is 13.1 Å². The van der Waals surface area contributed by atoms with Crippen molar-refractivity contribution >= 4 is 12.4 Å². The van der Waals surface area contributed by atoms with Crippen molar-refractivity contribution in [3.63, 3.8) is 0 Å². The van der Waals surface area contributed by atoms with Gasteiger partial charge in [0.2, 0.25) is 0 Å². The minimum Gasteiger partial charge on any atom is -0.391 e. The van der Waals surface area contributed by atoms with E-state index in [1.54, 1.807) is 0 Å². The van der Waals surface area contributed by atoms with E-state index in [0.717, 1.165) is 19.5 Å². The molecule has 0 saturated carbocycles. The Hall–Kier alpha value is 0.210. The molecule has 1 aliphatic rings. The standard InChI is InChI=1S/C7H15NO.ClH/c1-7(2)3-4-8-5-6(7)9;/h6,8-9H,3-5H2,1-2H3;1H. The molecule has 1 heterocycles. The van der Waals surface area contributed by atoms with E-state index >= 15 is 0 Å². The van der Waals surface area contributed by atoms with Crippen LogP contribution in [0.2, 0.25) is 0 Å². The summed E-state index contributed by atoms with van der Waals surface area (Å²) in [7, 11) is 0. The summed E-state index contributed by atoms with van der Waals surface area (Å²) >= 11 is 0. The first-order valence-corrected chi connectivity index (χ1v) is 3.52. The lowest BCUT2D eigenvalue weighted by Gasteiger charge is -2.35. The number of halogens is 1. The highest BCUT2D eigenvalue weighted by atomic mass is 35.5. The maximum atomic E-state index is 9.37. The smallest absolute Gasteiger partial charge is 0.0715 e. The van der Waals surface area contributed by atoms with Gasteiger partial charge in [-0.1, -0.05) is 13.8 Å². The van der Waals surface area contributed by atoms with Crippen LogP contribution in [0.5, 0.6) is 0 Å². The Morgan fingerprint density at radius 1 is 1.50 bits per heavy atom. The van der Waals surface area contributed by atoms with Gasteiger partial charge in [0.15, 0.2) is 0 Å². The SMILES string of the molecule is CC1(C)CCNCC1O.Cl. The second-order valence-electron chi connectivity index (χ2n) is 3.46. The average Bonchev–Trinajstić information content (AvgIpc) is 1.77. The van der Waals surface area contributed by atoms with Crippen LogP contribution in [0.25, 0.3) is 0 Å². The highest BCUT2D eigenvalue weighted by molar-refractivity contribution is 5.85. The lowest BCUT2D eigenvalue weighted by atomic mass is 9.81. The van der Waals surface area contributed by atoms with Gasteiger partial charge in [-0.15, -0.1) is 12.4 Å². The van der Waals surface area contributed by atoms with E-state index in [1.165, 1.54) is 0 Å². The number of nitrogens with one attached hydrogen (secondary N) is 1. The predicted octanol–water partition coefficient (Wildman–Crippen LogP) is 0.789. The van der Waals surface area contributed by atoms with Gasteiger partial charge in [0.1, 0.15) is 0 Å². The molecule has 2 N–H and O–H groups in total. The van der Waals surface area contributed by atoms with Crippen LogP contribution in [0.15, 0.2) is 0 Å². The third-order valence-corrected chi connectivity index (χ3v) is 2.19. The zero-order valence-corrected chi connectivity index (χ0v) is 7.37. The number of aliphatic hydroxyl groups excluding tert-OH is 1. The molecule has 3 heteroatoms. The maximum absolute atomic E-state index is 9.37. The van der Waals surface area contributed by atoms with Gasteiger partial charge in [-0.2, -0.15) is 0 Å². The zero-order chi connectivity index (χ0) is 6.91. The predicted molar refractivity (Wildman–Crippen MR) is 44.5 cm³/mol. The van der Waals surface area contributed by atoms with Gasteiger partial charge < -0.3 is 10.4 Å². The Kier molecular flexibility index (Phi) is 3.63. The van der Waals surface area contributed by atoms with E-state index in [0.29, 0.717) is 0 Å². The molecule has 1 fully saturated rings. The summed E-state index contributed by atoms with van der Waals surface area (Å²) in [4.78, 5) is 0. The Morgan fingerprint density at radius 3 is 2.40 bits per heavy atom. The van der Waals surface area contributed by atoms with Crippen molar-refractivity contribution < 1.29 is 5.11 Å². The van der Waals surface area contributed by atoms with Gasteiger partial charge in [-0.05, 0) is 18.4 Å². The van der Waals surface area contributed by atoms with E-state index in [9.17, 15) is 5.11 Å². The monoisotopic (exact) mass is 165 g/mol. The maximum Gasteiger partial charge on any atom is 0.0715 e. The third kappa shape index (κ3) is 2.11. The topological polar surface area (TPSA) is 32.3 Å². The van der Waals surface area contributed by atoms with Gasteiger partial charge in [0, 0.05) is 6.54 Å². The van der Waals surface area contributed by atoms with Crippen molar-refractivity contribution in [3.8, 4) is 0 Å². The molecule has 0 aromatic rings. The molecule has 1 saturated heterocycles. The molecule has 62 valence electrons. The first-order chi connectivity index (χ1) is 4.13. The van der Waals surface area contributed by atoms with Crippen LogP contribution in [0, 0.1) is 5.41 Å². The van der Waals surface area contributed by atoms with Crippen LogP contribution >= 0.6 is 12.4 Å². The van der Waals surface area contributed by atoms with Crippen molar-refractivity contribution in [3.05, 3.63) is 0 Å². The molecular weight excluding hydrogens is 150 g/mol. The molecular formula is C7H16ClNO. The number of β-amino-alcohol motifs (C(OH)–C–C–N with tert-alkyl or cyclic N) is 1. The Labute approximate surface area is 68.4 Å². The fourth-order valence-electron chi connectivity index (χ4n) is 1.09. The van der Waals surface area contributed by atoms with Gasteiger partial charge in [0.25, 0.3) is 0 Å². The number of aliphatic hydroxyl groups is 1. The average molecular weight is 166 g/mol. The summed E-state index contributed by atoms with van der Waals surface area (Å²) in [6.07, 6.45) is 0.917. The van der Waals surface area contributed by atoms with Crippen LogP contribution < -0.4 is 5.32 Å². The van der Waals surface area contributed by atoms with Crippen LogP contribution in [-0.4, -0.2) is 24.3 Å². The third-order valence-electron chi connectivity index (χ3n) is 2.19. The summed E-state index contributed by atoms with van der Waals surface area (Å²) in [5.41, 5.74) is 0.130. The van der Waals surface area contributed by atoms with Gasteiger partial charge in [-0.25, -0.2) is 0 Å². The van der Waals surface area contributed by atoms with Gasteiger partial charge >= 0.3 is 0 Å². The quantitative estimate of drug-likeness (QED) is 0.557. The van der Waals surface area contributed by atoms with Crippen molar-refractivity contribution in [2.45, 2.75) is 26.4 Å². The number of piperidine rings is 1. The van der Waals surface area contributed by atoms with E-state index in [-0.39, 0.29) is 23.9 Å². The lowest BCUT2D eigenvalue weighted by Crippen LogP contribution is -2.45. The molecule has 0 spiro atoms. The van der Waals surface area contributed by atoms with Crippen molar-refractivity contribution in [1.29, 1.82) is 0 Å². The molecule has 0 bridgehead atoms. The molecule has 1 rings (SSSR count). The second kappa shape index (κ2) is 3.56. The number of hydrogen-bond acceptors (Lipinski definition) is 2. The Balaban J connectivity index is 0.000000810. The Bertz CT molecular complexity index is 106. The summed E-state index contributed by atoms with van der Waals surface area (Å²) < 4.78 is 0. The first-order valence-electron chi connectivity index (χ1n) is 3.52. The molecule has 0 aromatic carbocycles. The van der Waals surface area contributed by atoms with E-state index in [1.807, 2.05) is 0 Å². The summed E-state index contributed by atoms with van der Waals surface area (Å²) in [5.74, 6) is 0. The molecule has 0 radical (unpaired) electrons. The molecule has 0 amide bonds. The first kappa shape index (κ1) is 10.2. The highest BCUT2D eigenvalue weighted by Crippen LogP contribution is 2.26. The molecule has 0 aliphatic carbocycles. The minimum absolute atomic E-state index is 0. The van der Waals surface area contributed by atoms with Crippen molar-refractivity contribution in [1.82, 2.24) is 5.32 Å². The summed E-state index contributed by atoms with van der Waals surface area (Å²) in [6, 6.07) is 0. The number of rotatable bonds is 0. The van der Waals surface area contributed by atoms with Crippen LogP contribution in [-0.2, 0) is 0 Å². The highest BCUT2D eigenvalue weighted by Gasteiger charge is 2.29. The normalized spacial score (nSPS) is 30.9. The summed E-state index contributed by atoms with van der Waals surface area (Å²) in [5, 5.41) is 12.5. The van der Waals surface area contributed by atoms with E-state index in [4.69, 9.17) is 0 Å². The van der Waals surface area contributed by atoms with E-state index in [2.05, 4.69) is 19.2 Å². The minimum atomic E-state index is -0.161. The molecule has 1 aliphatic heterocycles. The van der Waals surface area contributed by atoms with Crippen molar-refractivity contribution in [2.24, 2.45) is 5.41 Å². The molecule has 2 nitrogen and oxygen atoms in total. The molecule has 1 atom stereocenters. The van der Waals surface area contributed by atoms with Crippen LogP contribution in [0.4, 0.5) is 0 Å². The second-order valence-corrected chi connectivity index (χ2v) is 3.46. The van der Waals surface area contributed by atoms with E-state index < -0.39 is 0 Å². The summed E-state index contributed by atoms with van der Waals surface area (Å²) in [6.45, 7) is 6.02. The molecule has 1 unspecified atom stereocenters. The molecule has 10 heavy (non-hydrogen) atoms. The number of hydrogen-bond donors (Lipinski definition) is 2. The Morgan fingerprint density at radius 2 is 2.10 bits per heavy atom. The fourth-order valence-corrected chi connectivity index (χ4v) is 1.09. The molecule has 0 aromatic heterocycles.